The van der Waals surface area contributed by atoms with Crippen LogP contribution < -0.4 is 19.5 Å². The predicted octanol–water partition coefficient (Wildman–Crippen LogP) is 4.43. The molecule has 0 spiro atoms. The van der Waals surface area contributed by atoms with Crippen molar-refractivity contribution in [1.29, 1.82) is 0 Å². The van der Waals surface area contributed by atoms with Crippen molar-refractivity contribution in [3.63, 3.8) is 0 Å². The number of aromatic amines is 1. The van der Waals surface area contributed by atoms with E-state index >= 15 is 0 Å². The van der Waals surface area contributed by atoms with Crippen molar-refractivity contribution in [2.75, 3.05) is 18.5 Å². The second kappa shape index (κ2) is 10.3. The first kappa shape index (κ1) is 21.9. The second-order valence-electron chi connectivity index (χ2n) is 7.70. The van der Waals surface area contributed by atoms with Gasteiger partial charge in [0.25, 0.3) is 5.91 Å². The van der Waals surface area contributed by atoms with Gasteiger partial charge in [-0.2, -0.15) is 0 Å². The van der Waals surface area contributed by atoms with Gasteiger partial charge >= 0.3 is 0 Å². The molecule has 2 aromatic heterocycles. The summed E-state index contributed by atoms with van der Waals surface area (Å²) in [6, 6.07) is 16.7. The van der Waals surface area contributed by atoms with Gasteiger partial charge in [0.2, 0.25) is 0 Å². The number of ether oxygens (including phenoxy) is 3. The Kier molecular flexibility index (Phi) is 6.66. The summed E-state index contributed by atoms with van der Waals surface area (Å²) in [5.41, 5.74) is 1.01. The number of aryl methyl sites for hydroxylation is 1. The van der Waals surface area contributed by atoms with Gasteiger partial charge in [-0.1, -0.05) is 12.1 Å². The standard InChI is InChI=1S/C24H23N5O4S/c30-24(16-9-11-17(12-10-16)31-13-2-1-5-18-6-4-14-34-18)25-19-7-3-8-20-22(19)33-21(15-32-20)23-26-28-29-27-23/h3-4,6-12,14,21H,1-2,5,13,15H2,(H,25,30)(H,26,27,28,29). The maximum Gasteiger partial charge on any atom is 0.255 e. The number of fused-ring (bicyclic) bond motifs is 1. The third-order valence-electron chi connectivity index (χ3n) is 5.33. The highest BCUT2D eigenvalue weighted by Crippen LogP contribution is 2.41. The lowest BCUT2D eigenvalue weighted by atomic mass is 10.2. The molecule has 34 heavy (non-hydrogen) atoms. The summed E-state index contributed by atoms with van der Waals surface area (Å²) in [6.07, 6.45) is 2.64. The van der Waals surface area contributed by atoms with E-state index in [4.69, 9.17) is 14.2 Å². The minimum absolute atomic E-state index is 0.261. The largest absolute Gasteiger partial charge is 0.494 e. The van der Waals surface area contributed by atoms with E-state index in [9.17, 15) is 4.79 Å². The number of thiophene rings is 1. The number of carbonyl (C=O) groups excluding carboxylic acids is 1. The van der Waals surface area contributed by atoms with Gasteiger partial charge in [0.1, 0.15) is 12.4 Å². The monoisotopic (exact) mass is 477 g/mol. The molecule has 0 bridgehead atoms. The molecule has 4 aromatic rings. The molecule has 1 amide bonds. The zero-order valence-electron chi connectivity index (χ0n) is 18.3. The molecule has 1 aliphatic heterocycles. The van der Waals surface area contributed by atoms with Crippen molar-refractivity contribution in [2.45, 2.75) is 25.4 Å². The lowest BCUT2D eigenvalue weighted by Crippen LogP contribution is -2.24. The molecule has 1 aliphatic rings. The van der Waals surface area contributed by atoms with Crippen molar-refractivity contribution < 1.29 is 19.0 Å². The predicted molar refractivity (Wildman–Crippen MR) is 127 cm³/mol. The summed E-state index contributed by atoms with van der Waals surface area (Å²) in [6.45, 7) is 0.906. The van der Waals surface area contributed by atoms with Crippen LogP contribution in [0, 0.1) is 0 Å². The van der Waals surface area contributed by atoms with Crippen LogP contribution >= 0.6 is 11.3 Å². The average Bonchev–Trinajstić information content (AvgIpc) is 3.59. The lowest BCUT2D eigenvalue weighted by molar-refractivity contribution is 0.0856. The number of H-pyrrole nitrogens is 1. The number of nitrogens with zero attached hydrogens (tertiary/aromatic N) is 3. The van der Waals surface area contributed by atoms with Crippen LogP contribution in [-0.4, -0.2) is 39.7 Å². The first-order valence-corrected chi connectivity index (χ1v) is 11.9. The maximum absolute atomic E-state index is 12.8. The number of amides is 1. The first-order chi connectivity index (χ1) is 16.8. The van der Waals surface area contributed by atoms with Crippen LogP contribution in [-0.2, 0) is 6.42 Å². The van der Waals surface area contributed by atoms with Crippen molar-refractivity contribution in [3.8, 4) is 17.2 Å². The van der Waals surface area contributed by atoms with Crippen LogP contribution in [0.4, 0.5) is 5.69 Å². The highest BCUT2D eigenvalue weighted by molar-refractivity contribution is 7.09. The normalized spacial score (nSPS) is 14.5. The highest BCUT2D eigenvalue weighted by Gasteiger charge is 2.28. The van der Waals surface area contributed by atoms with E-state index in [1.54, 1.807) is 53.8 Å². The minimum atomic E-state index is -0.498. The molecule has 10 heteroatoms. The first-order valence-electron chi connectivity index (χ1n) is 11.0. The number of benzene rings is 2. The molecule has 174 valence electrons. The molecular formula is C24H23N5O4S. The van der Waals surface area contributed by atoms with E-state index in [0.717, 1.165) is 25.0 Å². The Bertz CT molecular complexity index is 1210. The molecule has 0 fully saturated rings. The fourth-order valence-corrected chi connectivity index (χ4v) is 4.32. The smallest absolute Gasteiger partial charge is 0.255 e. The number of unbranched alkanes of at least 4 members (excludes halogenated alkanes) is 1. The number of tetrazole rings is 1. The van der Waals surface area contributed by atoms with Gasteiger partial charge in [0.15, 0.2) is 23.4 Å². The third-order valence-corrected chi connectivity index (χ3v) is 6.26. The number of para-hydroxylation sites is 1. The highest BCUT2D eigenvalue weighted by atomic mass is 32.1. The Morgan fingerprint density at radius 2 is 2.06 bits per heavy atom. The number of carbonyl (C=O) groups is 1. The quantitative estimate of drug-likeness (QED) is 0.343. The molecule has 1 unspecified atom stereocenters. The van der Waals surface area contributed by atoms with Crippen LogP contribution in [0.2, 0.25) is 0 Å². The van der Waals surface area contributed by atoms with E-state index < -0.39 is 6.10 Å². The van der Waals surface area contributed by atoms with Crippen molar-refractivity contribution in [1.82, 2.24) is 20.6 Å². The molecular weight excluding hydrogens is 454 g/mol. The van der Waals surface area contributed by atoms with Crippen molar-refractivity contribution in [2.24, 2.45) is 0 Å². The topological polar surface area (TPSA) is 111 Å². The molecule has 9 nitrogen and oxygen atoms in total. The Morgan fingerprint density at radius 3 is 2.85 bits per heavy atom. The van der Waals surface area contributed by atoms with Gasteiger partial charge in [-0.15, -0.1) is 16.4 Å². The summed E-state index contributed by atoms with van der Waals surface area (Å²) in [7, 11) is 0. The molecule has 0 saturated carbocycles. The maximum atomic E-state index is 12.8. The van der Waals surface area contributed by atoms with Crippen LogP contribution in [0.15, 0.2) is 60.0 Å². The van der Waals surface area contributed by atoms with Crippen LogP contribution in [0.3, 0.4) is 0 Å². The summed E-state index contributed by atoms with van der Waals surface area (Å²) in [4.78, 5) is 14.2. The van der Waals surface area contributed by atoms with Crippen molar-refractivity contribution in [3.05, 3.63) is 76.2 Å². The molecule has 5 rings (SSSR count). The van der Waals surface area contributed by atoms with Gasteiger partial charge in [-0.05, 0) is 77.5 Å². The SMILES string of the molecule is O=C(Nc1cccc2c1OC(c1nnn[nH]1)CO2)c1ccc(OCCCCc2cccs2)cc1. The van der Waals surface area contributed by atoms with Gasteiger partial charge in [0.05, 0.1) is 12.3 Å². The Morgan fingerprint density at radius 1 is 1.15 bits per heavy atom. The molecule has 0 saturated heterocycles. The number of anilines is 1. The number of hydrogen-bond acceptors (Lipinski definition) is 8. The average molecular weight is 478 g/mol. The van der Waals surface area contributed by atoms with E-state index in [-0.39, 0.29) is 12.5 Å². The summed E-state index contributed by atoms with van der Waals surface area (Å²) >= 11 is 1.79. The Hall–Kier alpha value is -3.92. The zero-order chi connectivity index (χ0) is 23.2. The molecule has 0 aliphatic carbocycles. The zero-order valence-corrected chi connectivity index (χ0v) is 19.1. The second-order valence-corrected chi connectivity index (χ2v) is 8.73. The molecule has 3 heterocycles. The molecule has 0 radical (unpaired) electrons. The summed E-state index contributed by atoms with van der Waals surface area (Å²) < 4.78 is 17.6. The molecule has 2 aromatic carbocycles. The van der Waals surface area contributed by atoms with Gasteiger partial charge < -0.3 is 19.5 Å². The fourth-order valence-electron chi connectivity index (χ4n) is 3.57. The lowest BCUT2D eigenvalue weighted by Gasteiger charge is -2.26. The number of hydrogen-bond donors (Lipinski definition) is 2. The third kappa shape index (κ3) is 5.18. The number of aromatic nitrogens is 4. The minimum Gasteiger partial charge on any atom is -0.494 e. The van der Waals surface area contributed by atoms with Crippen LogP contribution in [0.5, 0.6) is 17.2 Å². The van der Waals surface area contributed by atoms with E-state index in [2.05, 4.69) is 43.5 Å². The fraction of sp³-hybridized carbons (Fsp3) is 0.250. The summed E-state index contributed by atoms with van der Waals surface area (Å²) in [5.74, 6) is 1.91. The Labute approximate surface area is 200 Å². The van der Waals surface area contributed by atoms with Gasteiger partial charge in [-0.3, -0.25) is 4.79 Å². The van der Waals surface area contributed by atoms with Gasteiger partial charge in [0, 0.05) is 10.4 Å². The van der Waals surface area contributed by atoms with E-state index in [1.165, 1.54) is 4.88 Å². The van der Waals surface area contributed by atoms with Crippen molar-refractivity contribution >= 4 is 22.9 Å². The van der Waals surface area contributed by atoms with E-state index in [1.807, 2.05) is 0 Å². The Balaban J connectivity index is 1.16. The molecule has 1 atom stereocenters. The number of nitrogens with one attached hydrogen (secondary N) is 2. The number of rotatable bonds is 9. The van der Waals surface area contributed by atoms with Gasteiger partial charge in [-0.25, -0.2) is 5.10 Å². The molecule has 2 N–H and O–H groups in total. The van der Waals surface area contributed by atoms with E-state index in [0.29, 0.717) is 35.2 Å². The van der Waals surface area contributed by atoms with Crippen LogP contribution in [0.25, 0.3) is 0 Å². The summed E-state index contributed by atoms with van der Waals surface area (Å²) in [5, 5.41) is 18.7. The van der Waals surface area contributed by atoms with Crippen LogP contribution in [0.1, 0.15) is 40.0 Å².